The van der Waals surface area contributed by atoms with Gasteiger partial charge in [0.25, 0.3) is 0 Å². The molecular weight excluding hydrogens is 331 g/mol. The van der Waals surface area contributed by atoms with E-state index in [9.17, 15) is 12.8 Å². The van der Waals surface area contributed by atoms with Crippen LogP contribution < -0.4 is 5.73 Å². The molecule has 0 aliphatic carbocycles. The molecule has 8 heteroatoms. The minimum Gasteiger partial charge on any atom is -0.369 e. The number of fused-ring (bicyclic) bond motifs is 1. The van der Waals surface area contributed by atoms with Crippen LogP contribution in [0.3, 0.4) is 0 Å². The summed E-state index contributed by atoms with van der Waals surface area (Å²) in [6.07, 6.45) is 1.85. The van der Waals surface area contributed by atoms with E-state index in [-0.39, 0.29) is 17.3 Å². The van der Waals surface area contributed by atoms with Crippen molar-refractivity contribution in [3.05, 3.63) is 35.3 Å². The number of nitrogens with two attached hydrogens (primary N) is 1. The van der Waals surface area contributed by atoms with Gasteiger partial charge in [0.1, 0.15) is 11.4 Å². The second-order valence-electron chi connectivity index (χ2n) is 6.43. The lowest BCUT2D eigenvalue weighted by Gasteiger charge is -2.34. The molecule has 1 aliphatic rings. The van der Waals surface area contributed by atoms with Crippen molar-refractivity contribution in [2.24, 2.45) is 10.7 Å². The van der Waals surface area contributed by atoms with Crippen LogP contribution in [-0.2, 0) is 22.0 Å². The highest BCUT2D eigenvalue weighted by Crippen LogP contribution is 2.35. The van der Waals surface area contributed by atoms with Crippen LogP contribution in [0.4, 0.5) is 4.39 Å². The lowest BCUT2D eigenvalue weighted by molar-refractivity contribution is 0.458. The highest BCUT2D eigenvalue weighted by molar-refractivity contribution is 7.89. The number of nitrogens with one attached hydrogen (secondary N) is 1. The van der Waals surface area contributed by atoms with Crippen LogP contribution in [0, 0.1) is 5.82 Å². The smallest absolute Gasteiger partial charge is 0.239 e. The van der Waals surface area contributed by atoms with Gasteiger partial charge in [-0.3, -0.25) is 0 Å². The van der Waals surface area contributed by atoms with Gasteiger partial charge in [-0.15, -0.1) is 0 Å². The van der Waals surface area contributed by atoms with E-state index in [0.717, 1.165) is 33.7 Å². The Labute approximate surface area is 140 Å². The molecule has 0 unspecified atom stereocenters. The molecule has 1 atom stereocenters. The second-order valence-corrected chi connectivity index (χ2v) is 8.43. The quantitative estimate of drug-likeness (QED) is 0.886. The van der Waals surface area contributed by atoms with E-state index in [1.165, 1.54) is 13.1 Å². The molecule has 0 amide bonds. The molecule has 0 saturated heterocycles. The fourth-order valence-electron chi connectivity index (χ4n) is 3.12. The molecule has 2 heterocycles. The third-order valence-corrected chi connectivity index (χ3v) is 6.38. The lowest BCUT2D eigenvalue weighted by atomic mass is 9.93. The summed E-state index contributed by atoms with van der Waals surface area (Å²) in [5, 5.41) is 0.760. The molecular formula is C16H21FN4O2S. The van der Waals surface area contributed by atoms with Gasteiger partial charge in [0.15, 0.2) is 0 Å². The Morgan fingerprint density at radius 1 is 1.42 bits per heavy atom. The summed E-state index contributed by atoms with van der Waals surface area (Å²) >= 11 is 0. The number of H-pyrrole nitrogens is 1. The summed E-state index contributed by atoms with van der Waals surface area (Å²) in [6.45, 7) is 3.66. The zero-order valence-electron chi connectivity index (χ0n) is 13.9. The predicted octanol–water partition coefficient (Wildman–Crippen LogP) is 2.06. The second kappa shape index (κ2) is 5.47. The van der Waals surface area contributed by atoms with Crippen molar-refractivity contribution in [3.63, 3.8) is 0 Å². The van der Waals surface area contributed by atoms with Crippen LogP contribution >= 0.6 is 0 Å². The Kier molecular flexibility index (Phi) is 3.82. The van der Waals surface area contributed by atoms with Crippen LogP contribution in [0.15, 0.2) is 23.2 Å². The van der Waals surface area contributed by atoms with Gasteiger partial charge >= 0.3 is 0 Å². The molecule has 0 saturated carbocycles. The number of aromatic amines is 1. The normalized spacial score (nSPS) is 23.5. The highest BCUT2D eigenvalue weighted by atomic mass is 32.2. The standard InChI is InChI=1S/C16H21FN4O2S/c1-4-5-11-6-10-7-13(17)12(8-14(10)19-11)16(2)9-24(22,23)21(3)15(18)20-16/h6-8,19H,4-5,9H2,1-3H3,(H2,18,20)/t16-/m0/s1. The maximum Gasteiger partial charge on any atom is 0.239 e. The Bertz CT molecular complexity index is 935. The third kappa shape index (κ3) is 2.64. The van der Waals surface area contributed by atoms with Crippen LogP contribution in [0.5, 0.6) is 0 Å². The first kappa shape index (κ1) is 16.8. The summed E-state index contributed by atoms with van der Waals surface area (Å²) in [4.78, 5) is 7.51. The summed E-state index contributed by atoms with van der Waals surface area (Å²) in [5.41, 5.74) is 6.49. The number of hydrogen-bond acceptors (Lipinski definition) is 4. The van der Waals surface area contributed by atoms with Crippen molar-refractivity contribution >= 4 is 26.9 Å². The van der Waals surface area contributed by atoms with Gasteiger partial charge in [-0.05, 0) is 31.5 Å². The molecule has 0 bridgehead atoms. The molecule has 0 spiro atoms. The van der Waals surface area contributed by atoms with Crippen molar-refractivity contribution in [1.82, 2.24) is 9.29 Å². The van der Waals surface area contributed by atoms with Gasteiger partial charge in [0.05, 0.1) is 5.75 Å². The van der Waals surface area contributed by atoms with Gasteiger partial charge in [-0.2, -0.15) is 0 Å². The van der Waals surface area contributed by atoms with Crippen LogP contribution in [-0.4, -0.2) is 36.5 Å². The van der Waals surface area contributed by atoms with Crippen molar-refractivity contribution in [1.29, 1.82) is 0 Å². The summed E-state index contributed by atoms with van der Waals surface area (Å²) in [7, 11) is -2.30. The molecule has 6 nitrogen and oxygen atoms in total. The molecule has 3 N–H and O–H groups in total. The Morgan fingerprint density at radius 3 is 2.75 bits per heavy atom. The first-order valence-electron chi connectivity index (χ1n) is 7.80. The number of hydrogen-bond donors (Lipinski definition) is 2. The molecule has 1 aromatic heterocycles. The van der Waals surface area contributed by atoms with E-state index in [0.29, 0.717) is 0 Å². The molecule has 24 heavy (non-hydrogen) atoms. The Morgan fingerprint density at radius 2 is 2.12 bits per heavy atom. The number of benzene rings is 1. The van der Waals surface area contributed by atoms with Crippen LogP contribution in [0.25, 0.3) is 10.9 Å². The van der Waals surface area contributed by atoms with E-state index in [2.05, 4.69) is 16.9 Å². The van der Waals surface area contributed by atoms with Crippen molar-refractivity contribution < 1.29 is 12.8 Å². The molecule has 1 aromatic carbocycles. The predicted molar refractivity (Wildman–Crippen MR) is 92.8 cm³/mol. The number of aromatic nitrogens is 1. The number of halogens is 1. The summed E-state index contributed by atoms with van der Waals surface area (Å²) in [5.74, 6) is -0.952. The maximum atomic E-state index is 14.7. The monoisotopic (exact) mass is 352 g/mol. The zero-order chi connectivity index (χ0) is 17.7. The largest absolute Gasteiger partial charge is 0.369 e. The molecule has 3 rings (SSSR count). The minimum atomic E-state index is -3.64. The van der Waals surface area contributed by atoms with Crippen LogP contribution in [0.1, 0.15) is 31.5 Å². The Balaban J connectivity index is 2.16. The van der Waals surface area contributed by atoms with Gasteiger partial charge in [-0.25, -0.2) is 22.1 Å². The number of aliphatic imine (C=N–C) groups is 1. The summed E-state index contributed by atoms with van der Waals surface area (Å²) in [6, 6.07) is 4.97. The van der Waals surface area contributed by atoms with Crippen molar-refractivity contribution in [2.75, 3.05) is 12.8 Å². The maximum absolute atomic E-state index is 14.7. The number of aryl methyl sites for hydroxylation is 1. The van der Waals surface area contributed by atoms with E-state index in [4.69, 9.17) is 5.73 Å². The topological polar surface area (TPSA) is 91.6 Å². The average Bonchev–Trinajstić information content (AvgIpc) is 2.85. The van der Waals surface area contributed by atoms with Crippen molar-refractivity contribution in [3.8, 4) is 0 Å². The zero-order valence-corrected chi connectivity index (χ0v) is 14.7. The lowest BCUT2D eigenvalue weighted by Crippen LogP contribution is -2.50. The number of nitrogens with zero attached hydrogens (tertiary/aromatic N) is 2. The Hall–Kier alpha value is -2.09. The van der Waals surface area contributed by atoms with E-state index in [1.807, 2.05) is 6.07 Å². The van der Waals surface area contributed by atoms with E-state index in [1.54, 1.807) is 13.0 Å². The molecule has 0 radical (unpaired) electrons. The number of sulfonamides is 1. The average molecular weight is 352 g/mol. The fourth-order valence-corrected chi connectivity index (χ4v) is 4.57. The molecule has 2 aromatic rings. The highest BCUT2D eigenvalue weighted by Gasteiger charge is 2.41. The SMILES string of the molecule is CCCc1cc2cc(F)c([C@]3(C)CS(=O)(=O)N(C)C(N)=N3)cc2[nH]1. The third-order valence-electron chi connectivity index (χ3n) is 4.43. The molecule has 1 aliphatic heterocycles. The summed E-state index contributed by atoms with van der Waals surface area (Å²) < 4.78 is 40.2. The number of guanidine groups is 1. The number of rotatable bonds is 3. The first-order chi connectivity index (χ1) is 11.2. The van der Waals surface area contributed by atoms with Gasteiger partial charge in [-0.1, -0.05) is 13.3 Å². The molecule has 0 fully saturated rings. The van der Waals surface area contributed by atoms with E-state index < -0.39 is 21.4 Å². The van der Waals surface area contributed by atoms with E-state index >= 15 is 0 Å². The minimum absolute atomic E-state index is 0.138. The molecule has 130 valence electrons. The van der Waals surface area contributed by atoms with Gasteiger partial charge in [0.2, 0.25) is 16.0 Å². The first-order valence-corrected chi connectivity index (χ1v) is 9.41. The fraction of sp³-hybridized carbons (Fsp3) is 0.438. The van der Waals surface area contributed by atoms with Crippen LogP contribution in [0.2, 0.25) is 0 Å². The van der Waals surface area contributed by atoms with Gasteiger partial charge in [0, 0.05) is 29.2 Å². The van der Waals surface area contributed by atoms with Gasteiger partial charge < -0.3 is 10.7 Å². The van der Waals surface area contributed by atoms with Crippen molar-refractivity contribution in [2.45, 2.75) is 32.2 Å².